The summed E-state index contributed by atoms with van der Waals surface area (Å²) in [7, 11) is 0. The van der Waals surface area contributed by atoms with E-state index in [2.05, 4.69) is 4.98 Å². The van der Waals surface area contributed by atoms with Gasteiger partial charge in [0.25, 0.3) is 5.91 Å². The van der Waals surface area contributed by atoms with Crippen molar-refractivity contribution in [2.45, 2.75) is 0 Å². The van der Waals surface area contributed by atoms with E-state index in [1.54, 1.807) is 23.2 Å². The van der Waals surface area contributed by atoms with Crippen molar-refractivity contribution in [1.29, 1.82) is 0 Å². The summed E-state index contributed by atoms with van der Waals surface area (Å²) in [6, 6.07) is 16.4. The fourth-order valence-corrected chi connectivity index (χ4v) is 3.30. The SMILES string of the molecule is O=C(c1nccc2ccccc12)N1CCN(c2ccccc2F)CC1. The van der Waals surface area contributed by atoms with Crippen molar-refractivity contribution in [3.63, 3.8) is 0 Å². The van der Waals surface area contributed by atoms with Crippen LogP contribution < -0.4 is 4.90 Å². The Morgan fingerprint density at radius 2 is 1.64 bits per heavy atom. The van der Waals surface area contributed by atoms with Gasteiger partial charge in [-0.3, -0.25) is 9.78 Å². The molecule has 0 bridgehead atoms. The predicted molar refractivity (Wildman–Crippen MR) is 96.3 cm³/mol. The largest absolute Gasteiger partial charge is 0.366 e. The molecule has 0 unspecified atom stereocenters. The molecule has 0 saturated carbocycles. The van der Waals surface area contributed by atoms with Crippen molar-refractivity contribution >= 4 is 22.4 Å². The molecule has 1 fully saturated rings. The number of anilines is 1. The van der Waals surface area contributed by atoms with Crippen molar-refractivity contribution in [1.82, 2.24) is 9.88 Å². The van der Waals surface area contributed by atoms with Gasteiger partial charge in [-0.05, 0) is 23.6 Å². The molecule has 0 aliphatic carbocycles. The van der Waals surface area contributed by atoms with E-state index in [-0.39, 0.29) is 11.7 Å². The second kappa shape index (κ2) is 6.51. The zero-order valence-electron chi connectivity index (χ0n) is 13.7. The van der Waals surface area contributed by atoms with Crippen LogP contribution in [0.2, 0.25) is 0 Å². The van der Waals surface area contributed by atoms with Gasteiger partial charge < -0.3 is 9.80 Å². The molecule has 5 heteroatoms. The molecule has 1 aliphatic heterocycles. The first-order chi connectivity index (χ1) is 12.2. The van der Waals surface area contributed by atoms with Crippen LogP contribution in [0.5, 0.6) is 0 Å². The second-order valence-corrected chi connectivity index (χ2v) is 6.11. The maximum Gasteiger partial charge on any atom is 0.273 e. The summed E-state index contributed by atoms with van der Waals surface area (Å²) in [5.74, 6) is -0.289. The molecule has 4 rings (SSSR count). The van der Waals surface area contributed by atoms with Crippen LogP contribution in [0.1, 0.15) is 10.5 Å². The molecule has 2 aromatic carbocycles. The van der Waals surface area contributed by atoms with E-state index in [4.69, 9.17) is 0 Å². The number of aromatic nitrogens is 1. The predicted octanol–water partition coefficient (Wildman–Crippen LogP) is 3.34. The minimum Gasteiger partial charge on any atom is -0.366 e. The number of carbonyl (C=O) groups excluding carboxylic acids is 1. The number of fused-ring (bicyclic) bond motifs is 1. The van der Waals surface area contributed by atoms with Gasteiger partial charge in [0.1, 0.15) is 11.5 Å². The van der Waals surface area contributed by atoms with E-state index in [1.807, 2.05) is 41.3 Å². The van der Waals surface area contributed by atoms with Crippen LogP contribution in [0.15, 0.2) is 60.8 Å². The number of para-hydroxylation sites is 1. The molecule has 3 aromatic rings. The lowest BCUT2D eigenvalue weighted by molar-refractivity contribution is 0.0743. The topological polar surface area (TPSA) is 36.4 Å². The Morgan fingerprint density at radius 1 is 0.920 bits per heavy atom. The van der Waals surface area contributed by atoms with Gasteiger partial charge in [-0.2, -0.15) is 0 Å². The van der Waals surface area contributed by atoms with Crippen LogP contribution in [0.25, 0.3) is 10.8 Å². The molecule has 0 atom stereocenters. The lowest BCUT2D eigenvalue weighted by Crippen LogP contribution is -2.49. The van der Waals surface area contributed by atoms with E-state index < -0.39 is 0 Å². The Bertz CT molecular complexity index is 914. The smallest absolute Gasteiger partial charge is 0.273 e. The molecule has 0 radical (unpaired) electrons. The molecule has 25 heavy (non-hydrogen) atoms. The molecule has 1 saturated heterocycles. The van der Waals surface area contributed by atoms with Gasteiger partial charge in [-0.15, -0.1) is 0 Å². The maximum atomic E-state index is 13.9. The number of hydrogen-bond acceptors (Lipinski definition) is 3. The Hall–Kier alpha value is -2.95. The van der Waals surface area contributed by atoms with Crippen molar-refractivity contribution in [3.05, 3.63) is 72.3 Å². The van der Waals surface area contributed by atoms with Gasteiger partial charge in [-0.25, -0.2) is 4.39 Å². The number of rotatable bonds is 2. The van der Waals surface area contributed by atoms with Crippen LogP contribution in [-0.4, -0.2) is 42.0 Å². The van der Waals surface area contributed by atoms with Crippen molar-refractivity contribution in [3.8, 4) is 0 Å². The first-order valence-electron chi connectivity index (χ1n) is 8.36. The molecule has 126 valence electrons. The van der Waals surface area contributed by atoms with Gasteiger partial charge >= 0.3 is 0 Å². The fraction of sp³-hybridized carbons (Fsp3) is 0.200. The Labute approximate surface area is 145 Å². The number of piperazine rings is 1. The normalized spacial score (nSPS) is 14.8. The summed E-state index contributed by atoms with van der Waals surface area (Å²) in [5, 5.41) is 1.87. The zero-order chi connectivity index (χ0) is 17.2. The van der Waals surface area contributed by atoms with Crippen molar-refractivity contribution < 1.29 is 9.18 Å². The molecular formula is C20H18FN3O. The van der Waals surface area contributed by atoms with Crippen LogP contribution in [0.3, 0.4) is 0 Å². The van der Waals surface area contributed by atoms with Gasteiger partial charge in [-0.1, -0.05) is 36.4 Å². The number of pyridine rings is 1. The highest BCUT2D eigenvalue weighted by Gasteiger charge is 2.25. The van der Waals surface area contributed by atoms with Crippen LogP contribution in [0.4, 0.5) is 10.1 Å². The highest BCUT2D eigenvalue weighted by molar-refractivity contribution is 6.05. The monoisotopic (exact) mass is 335 g/mol. The zero-order valence-corrected chi connectivity index (χ0v) is 13.7. The third-order valence-electron chi connectivity index (χ3n) is 4.64. The van der Waals surface area contributed by atoms with Gasteiger partial charge in [0.05, 0.1) is 5.69 Å². The number of halogens is 1. The average molecular weight is 335 g/mol. The molecule has 0 spiro atoms. The molecule has 1 aliphatic rings. The van der Waals surface area contributed by atoms with Gasteiger partial charge in [0.15, 0.2) is 0 Å². The minimum atomic E-state index is -0.224. The molecule has 2 heterocycles. The average Bonchev–Trinajstić information content (AvgIpc) is 2.67. The Morgan fingerprint density at radius 3 is 2.44 bits per heavy atom. The molecule has 4 nitrogen and oxygen atoms in total. The summed E-state index contributed by atoms with van der Waals surface area (Å²) < 4.78 is 13.9. The molecule has 1 amide bonds. The highest BCUT2D eigenvalue weighted by Crippen LogP contribution is 2.22. The molecular weight excluding hydrogens is 317 g/mol. The van der Waals surface area contributed by atoms with E-state index in [0.29, 0.717) is 37.6 Å². The van der Waals surface area contributed by atoms with Gasteiger partial charge in [0.2, 0.25) is 0 Å². The first-order valence-corrected chi connectivity index (χ1v) is 8.36. The maximum absolute atomic E-state index is 13.9. The minimum absolute atomic E-state index is 0.0648. The number of benzene rings is 2. The third kappa shape index (κ3) is 2.93. The number of carbonyl (C=O) groups is 1. The van der Waals surface area contributed by atoms with Crippen molar-refractivity contribution in [2.75, 3.05) is 31.1 Å². The highest BCUT2D eigenvalue weighted by atomic mass is 19.1. The Kier molecular flexibility index (Phi) is 4.06. The second-order valence-electron chi connectivity index (χ2n) is 6.11. The van der Waals surface area contributed by atoms with E-state index in [1.165, 1.54) is 6.07 Å². The lowest BCUT2D eigenvalue weighted by atomic mass is 10.1. The third-order valence-corrected chi connectivity index (χ3v) is 4.64. The van der Waals surface area contributed by atoms with Gasteiger partial charge in [0, 0.05) is 37.8 Å². The summed E-state index contributed by atoms with van der Waals surface area (Å²) in [4.78, 5) is 21.0. The number of hydrogen-bond donors (Lipinski definition) is 0. The quantitative estimate of drug-likeness (QED) is 0.721. The summed E-state index contributed by atoms with van der Waals surface area (Å²) in [6.07, 6.45) is 1.67. The van der Waals surface area contributed by atoms with E-state index in [9.17, 15) is 9.18 Å². The standard InChI is InChI=1S/C20H18FN3O/c21-17-7-3-4-8-18(17)23-11-13-24(14-12-23)20(25)19-16-6-2-1-5-15(16)9-10-22-19/h1-10H,11-14H2. The summed E-state index contributed by atoms with van der Waals surface area (Å²) >= 11 is 0. The van der Waals surface area contributed by atoms with Crippen LogP contribution in [0, 0.1) is 5.82 Å². The van der Waals surface area contributed by atoms with E-state index >= 15 is 0 Å². The van der Waals surface area contributed by atoms with E-state index in [0.717, 1.165) is 10.8 Å². The Balaban J connectivity index is 1.52. The number of nitrogens with zero attached hydrogens (tertiary/aromatic N) is 3. The summed E-state index contributed by atoms with van der Waals surface area (Å²) in [6.45, 7) is 2.32. The van der Waals surface area contributed by atoms with Crippen LogP contribution in [-0.2, 0) is 0 Å². The van der Waals surface area contributed by atoms with Crippen LogP contribution >= 0.6 is 0 Å². The summed E-state index contributed by atoms with van der Waals surface area (Å²) in [5.41, 5.74) is 1.08. The molecule has 0 N–H and O–H groups in total. The molecule has 1 aromatic heterocycles. The fourth-order valence-electron chi connectivity index (χ4n) is 3.30. The lowest BCUT2D eigenvalue weighted by Gasteiger charge is -2.36. The van der Waals surface area contributed by atoms with Crippen molar-refractivity contribution in [2.24, 2.45) is 0 Å². The number of amides is 1. The first kappa shape index (κ1) is 15.6.